The summed E-state index contributed by atoms with van der Waals surface area (Å²) < 4.78 is 5.54. The van der Waals surface area contributed by atoms with Crippen LogP contribution in [0.5, 0.6) is 5.75 Å². The smallest absolute Gasteiger partial charge is 0.124 e. The Kier molecular flexibility index (Phi) is 7.62. The zero-order valence-electron chi connectivity index (χ0n) is 11.4. The number of ether oxygens (including phenoxy) is 1. The largest absolute Gasteiger partial charge is 0.491 e. The molecule has 114 valence electrons. The molecular weight excluding hydrogens is 299 g/mol. The Bertz CT molecular complexity index is 418. The first-order chi connectivity index (χ1) is 9.22. The van der Waals surface area contributed by atoms with Crippen LogP contribution in [-0.2, 0) is 6.54 Å². The number of hydrogen-bond donors (Lipinski definition) is 2. The third-order valence-electron chi connectivity index (χ3n) is 3.47. The van der Waals surface area contributed by atoms with Crippen molar-refractivity contribution in [3.05, 3.63) is 28.8 Å². The second-order valence-electron chi connectivity index (χ2n) is 4.95. The molecule has 1 aromatic rings. The molecule has 0 bridgehead atoms. The summed E-state index contributed by atoms with van der Waals surface area (Å²) in [6.45, 7) is 3.98. The molecule has 0 spiro atoms. The van der Waals surface area contributed by atoms with Gasteiger partial charge in [0.25, 0.3) is 0 Å². The Morgan fingerprint density at radius 3 is 2.90 bits per heavy atom. The van der Waals surface area contributed by atoms with Gasteiger partial charge in [-0.2, -0.15) is 0 Å². The summed E-state index contributed by atoms with van der Waals surface area (Å²) in [5, 5.41) is 9.56. The van der Waals surface area contributed by atoms with Crippen molar-refractivity contribution in [1.29, 1.82) is 0 Å². The van der Waals surface area contributed by atoms with Crippen LogP contribution >= 0.6 is 24.0 Å². The lowest BCUT2D eigenvalue weighted by molar-refractivity contribution is 0.198. The highest BCUT2D eigenvalue weighted by atomic mass is 35.5. The maximum atomic E-state index is 8.85. The first kappa shape index (κ1) is 17.5. The first-order valence-electron chi connectivity index (χ1n) is 6.67. The Hall–Kier alpha value is -0.520. The highest BCUT2D eigenvalue weighted by Gasteiger charge is 2.22. The zero-order valence-corrected chi connectivity index (χ0v) is 13.0. The van der Waals surface area contributed by atoms with Crippen molar-refractivity contribution in [3.8, 4) is 5.75 Å². The third-order valence-corrected chi connectivity index (χ3v) is 3.70. The fourth-order valence-electron chi connectivity index (χ4n) is 2.46. The quantitative estimate of drug-likeness (QED) is 0.840. The van der Waals surface area contributed by atoms with Gasteiger partial charge in [0.1, 0.15) is 12.4 Å². The molecule has 0 unspecified atom stereocenters. The molecule has 0 radical (unpaired) electrons. The molecule has 0 aromatic heterocycles. The molecule has 0 aliphatic carbocycles. The van der Waals surface area contributed by atoms with Crippen molar-refractivity contribution < 1.29 is 9.84 Å². The van der Waals surface area contributed by atoms with E-state index >= 15 is 0 Å². The molecule has 1 fully saturated rings. The summed E-state index contributed by atoms with van der Waals surface area (Å²) in [5.41, 5.74) is 6.78. The molecule has 1 aliphatic rings. The lowest BCUT2D eigenvalue weighted by Crippen LogP contribution is -2.23. The van der Waals surface area contributed by atoms with Crippen molar-refractivity contribution in [3.63, 3.8) is 0 Å². The van der Waals surface area contributed by atoms with Gasteiger partial charge in [0, 0.05) is 23.7 Å². The zero-order chi connectivity index (χ0) is 13.7. The molecule has 20 heavy (non-hydrogen) atoms. The molecule has 1 saturated heterocycles. The summed E-state index contributed by atoms with van der Waals surface area (Å²) in [6.07, 6.45) is 1.16. The van der Waals surface area contributed by atoms with Crippen LogP contribution in [0.4, 0.5) is 0 Å². The number of nitrogens with zero attached hydrogens (tertiary/aromatic N) is 1. The van der Waals surface area contributed by atoms with E-state index in [0.717, 1.165) is 43.9 Å². The van der Waals surface area contributed by atoms with E-state index in [1.54, 1.807) is 0 Å². The summed E-state index contributed by atoms with van der Waals surface area (Å²) >= 11 is 6.05. The Morgan fingerprint density at radius 1 is 1.45 bits per heavy atom. The van der Waals surface area contributed by atoms with Crippen molar-refractivity contribution in [2.45, 2.75) is 13.0 Å². The fraction of sp³-hybridized carbons (Fsp3) is 0.571. The standard InChI is InChI=1S/C14H21ClN2O2.ClH/c15-13-1-2-14(19-6-5-18)12(7-13)10-17-4-3-11(8-16)9-17;/h1-2,7,11,18H,3-6,8-10,16H2;1H/t11-;/m0./s1. The summed E-state index contributed by atoms with van der Waals surface area (Å²) in [6, 6.07) is 5.61. The second kappa shape index (κ2) is 8.70. The maximum absolute atomic E-state index is 8.85. The van der Waals surface area contributed by atoms with Crippen LogP contribution in [-0.4, -0.2) is 42.9 Å². The molecule has 0 amide bonds. The number of aliphatic hydroxyl groups is 1. The lowest BCUT2D eigenvalue weighted by atomic mass is 10.1. The van der Waals surface area contributed by atoms with Gasteiger partial charge in [-0.15, -0.1) is 12.4 Å². The van der Waals surface area contributed by atoms with E-state index in [4.69, 9.17) is 27.2 Å². The van der Waals surface area contributed by atoms with Crippen molar-refractivity contribution >= 4 is 24.0 Å². The lowest BCUT2D eigenvalue weighted by Gasteiger charge is -2.18. The number of likely N-dealkylation sites (tertiary alicyclic amines) is 1. The van der Waals surface area contributed by atoms with Gasteiger partial charge in [0.15, 0.2) is 0 Å². The van der Waals surface area contributed by atoms with Crippen LogP contribution < -0.4 is 10.5 Å². The fourth-order valence-corrected chi connectivity index (χ4v) is 2.65. The summed E-state index contributed by atoms with van der Waals surface area (Å²) in [4.78, 5) is 2.37. The Labute approximate surface area is 131 Å². The minimum absolute atomic E-state index is 0. The van der Waals surface area contributed by atoms with Crippen LogP contribution in [0.3, 0.4) is 0 Å². The van der Waals surface area contributed by atoms with Crippen molar-refractivity contribution in [2.75, 3.05) is 32.8 Å². The van der Waals surface area contributed by atoms with Gasteiger partial charge in [-0.3, -0.25) is 4.90 Å². The van der Waals surface area contributed by atoms with Gasteiger partial charge in [-0.05, 0) is 43.6 Å². The molecule has 1 atom stereocenters. The molecule has 3 N–H and O–H groups in total. The molecule has 0 saturated carbocycles. The Morgan fingerprint density at radius 2 is 2.25 bits per heavy atom. The third kappa shape index (κ3) is 4.79. The van der Waals surface area contributed by atoms with E-state index in [-0.39, 0.29) is 19.0 Å². The minimum Gasteiger partial charge on any atom is -0.491 e. The monoisotopic (exact) mass is 320 g/mol. The van der Waals surface area contributed by atoms with Gasteiger partial charge < -0.3 is 15.6 Å². The highest BCUT2D eigenvalue weighted by molar-refractivity contribution is 6.30. The van der Waals surface area contributed by atoms with Crippen LogP contribution in [0.15, 0.2) is 18.2 Å². The molecule has 2 rings (SSSR count). The number of nitrogens with two attached hydrogens (primary N) is 1. The van der Waals surface area contributed by atoms with Crippen LogP contribution in [0, 0.1) is 5.92 Å². The number of rotatable bonds is 6. The number of halogens is 2. The van der Waals surface area contributed by atoms with E-state index in [0.29, 0.717) is 17.5 Å². The van der Waals surface area contributed by atoms with Gasteiger partial charge in [-0.1, -0.05) is 11.6 Å². The van der Waals surface area contributed by atoms with Gasteiger partial charge in [0.05, 0.1) is 6.61 Å². The number of benzene rings is 1. The highest BCUT2D eigenvalue weighted by Crippen LogP contribution is 2.26. The topological polar surface area (TPSA) is 58.7 Å². The molecule has 1 aliphatic heterocycles. The SMILES string of the molecule is Cl.NC[C@@H]1CCN(Cc2cc(Cl)ccc2OCCO)C1. The normalized spacial score (nSPS) is 18.9. The molecule has 1 aromatic carbocycles. The van der Waals surface area contributed by atoms with Gasteiger partial charge in [0.2, 0.25) is 0 Å². The molecule has 4 nitrogen and oxygen atoms in total. The predicted octanol–water partition coefficient (Wildman–Crippen LogP) is 1.91. The Balaban J connectivity index is 0.00000200. The maximum Gasteiger partial charge on any atom is 0.124 e. The number of aliphatic hydroxyl groups excluding tert-OH is 1. The first-order valence-corrected chi connectivity index (χ1v) is 7.05. The average Bonchev–Trinajstić information content (AvgIpc) is 2.85. The average molecular weight is 321 g/mol. The van der Waals surface area contributed by atoms with Gasteiger partial charge >= 0.3 is 0 Å². The van der Waals surface area contributed by atoms with Gasteiger partial charge in [-0.25, -0.2) is 0 Å². The van der Waals surface area contributed by atoms with Crippen molar-refractivity contribution in [2.24, 2.45) is 11.7 Å². The summed E-state index contributed by atoms with van der Waals surface area (Å²) in [5.74, 6) is 1.40. The van der Waals surface area contributed by atoms with E-state index in [1.807, 2.05) is 18.2 Å². The van der Waals surface area contributed by atoms with E-state index in [9.17, 15) is 0 Å². The minimum atomic E-state index is 0. The molecule has 1 heterocycles. The molecular formula is C14H22Cl2N2O2. The van der Waals surface area contributed by atoms with Crippen LogP contribution in [0.2, 0.25) is 5.02 Å². The van der Waals surface area contributed by atoms with Crippen LogP contribution in [0.1, 0.15) is 12.0 Å². The second-order valence-corrected chi connectivity index (χ2v) is 5.39. The van der Waals surface area contributed by atoms with Crippen molar-refractivity contribution in [1.82, 2.24) is 4.90 Å². The molecule has 6 heteroatoms. The van der Waals surface area contributed by atoms with E-state index < -0.39 is 0 Å². The summed E-state index contributed by atoms with van der Waals surface area (Å²) in [7, 11) is 0. The number of hydrogen-bond acceptors (Lipinski definition) is 4. The predicted molar refractivity (Wildman–Crippen MR) is 83.7 cm³/mol. The van der Waals surface area contributed by atoms with E-state index in [2.05, 4.69) is 4.90 Å². The van der Waals surface area contributed by atoms with E-state index in [1.165, 1.54) is 0 Å². The van der Waals surface area contributed by atoms with Crippen LogP contribution in [0.25, 0.3) is 0 Å².